The molecule has 2 N–H and O–H groups in total. The summed E-state index contributed by atoms with van der Waals surface area (Å²) in [6.45, 7) is 4.14. The lowest BCUT2D eigenvalue weighted by molar-refractivity contribution is 0.594. The van der Waals surface area contributed by atoms with Crippen molar-refractivity contribution in [3.05, 3.63) is 64.4 Å². The Morgan fingerprint density at radius 3 is 2.50 bits per heavy atom. The van der Waals surface area contributed by atoms with Crippen LogP contribution in [-0.4, -0.2) is 4.98 Å². The number of hydrogen-bond donors (Lipinski definition) is 1. The van der Waals surface area contributed by atoms with Crippen molar-refractivity contribution in [2.45, 2.75) is 25.8 Å². The minimum atomic E-state index is -0.0638. The fraction of sp³-hybridized carbons (Fsp3) is 0.267. The van der Waals surface area contributed by atoms with Crippen molar-refractivity contribution in [3.63, 3.8) is 0 Å². The Bertz CT molecular complexity index is 525. The smallest absolute Gasteiger partial charge is 0.0438 e. The molecule has 2 atom stereocenters. The minimum absolute atomic E-state index is 0.0638. The van der Waals surface area contributed by atoms with Crippen LogP contribution in [0.5, 0.6) is 0 Å². The van der Waals surface area contributed by atoms with Crippen LogP contribution < -0.4 is 5.73 Å². The highest BCUT2D eigenvalue weighted by Gasteiger charge is 2.19. The average molecular weight is 261 g/mol. The number of hydrogen-bond acceptors (Lipinski definition) is 2. The van der Waals surface area contributed by atoms with Crippen LogP contribution in [-0.2, 0) is 0 Å². The molecule has 0 aliphatic heterocycles. The average Bonchev–Trinajstić information content (AvgIpc) is 2.41. The Labute approximate surface area is 113 Å². The molecule has 0 spiro atoms. The van der Waals surface area contributed by atoms with Gasteiger partial charge in [-0.25, -0.2) is 0 Å². The van der Waals surface area contributed by atoms with Crippen LogP contribution in [0.4, 0.5) is 0 Å². The standard InChI is InChI=1S/C15H17ClN2/c1-10(12-6-8-18-9-7-12)15(17)13-4-3-5-14(16)11(13)2/h3-10,15H,17H2,1-2H3. The maximum Gasteiger partial charge on any atom is 0.0438 e. The minimum Gasteiger partial charge on any atom is -0.323 e. The van der Waals surface area contributed by atoms with E-state index >= 15 is 0 Å². The highest BCUT2D eigenvalue weighted by atomic mass is 35.5. The molecule has 1 aromatic carbocycles. The third-order valence-electron chi connectivity index (χ3n) is 3.44. The molecule has 1 heterocycles. The molecule has 0 bridgehead atoms. The van der Waals surface area contributed by atoms with Crippen molar-refractivity contribution >= 4 is 11.6 Å². The van der Waals surface area contributed by atoms with E-state index in [0.717, 1.165) is 16.1 Å². The Hall–Kier alpha value is -1.38. The number of nitrogens with two attached hydrogens (primary N) is 1. The molecule has 0 saturated carbocycles. The van der Waals surface area contributed by atoms with E-state index in [2.05, 4.69) is 11.9 Å². The highest BCUT2D eigenvalue weighted by Crippen LogP contribution is 2.32. The van der Waals surface area contributed by atoms with Gasteiger partial charge in [-0.3, -0.25) is 4.98 Å². The predicted molar refractivity (Wildman–Crippen MR) is 75.8 cm³/mol. The largest absolute Gasteiger partial charge is 0.323 e. The molecule has 1 aromatic heterocycles. The first-order valence-corrected chi connectivity index (χ1v) is 6.39. The fourth-order valence-electron chi connectivity index (χ4n) is 2.13. The van der Waals surface area contributed by atoms with Gasteiger partial charge >= 0.3 is 0 Å². The maximum absolute atomic E-state index is 6.36. The lowest BCUT2D eigenvalue weighted by Gasteiger charge is -2.22. The summed E-state index contributed by atoms with van der Waals surface area (Å²) in [4.78, 5) is 4.03. The van der Waals surface area contributed by atoms with E-state index < -0.39 is 0 Å². The van der Waals surface area contributed by atoms with Crippen LogP contribution >= 0.6 is 11.6 Å². The molecule has 0 radical (unpaired) electrons. The molecule has 18 heavy (non-hydrogen) atoms. The third-order valence-corrected chi connectivity index (χ3v) is 3.85. The van der Waals surface area contributed by atoms with Crippen molar-refractivity contribution in [1.29, 1.82) is 0 Å². The van der Waals surface area contributed by atoms with Gasteiger partial charge < -0.3 is 5.73 Å². The van der Waals surface area contributed by atoms with Crippen LogP contribution in [0.15, 0.2) is 42.7 Å². The lowest BCUT2D eigenvalue weighted by Crippen LogP contribution is -2.18. The van der Waals surface area contributed by atoms with Gasteiger partial charge in [-0.05, 0) is 41.8 Å². The molecule has 0 saturated heterocycles. The number of rotatable bonds is 3. The first-order valence-electron chi connectivity index (χ1n) is 6.01. The number of benzene rings is 1. The SMILES string of the molecule is Cc1c(Cl)cccc1C(N)C(C)c1ccncc1. The molecular formula is C15H17ClN2. The van der Waals surface area contributed by atoms with Crippen molar-refractivity contribution in [3.8, 4) is 0 Å². The molecule has 0 fully saturated rings. The quantitative estimate of drug-likeness (QED) is 0.911. The molecule has 3 heteroatoms. The molecule has 0 amide bonds. The topological polar surface area (TPSA) is 38.9 Å². The van der Waals surface area contributed by atoms with Crippen molar-refractivity contribution in [1.82, 2.24) is 4.98 Å². The zero-order valence-corrected chi connectivity index (χ0v) is 11.4. The first-order chi connectivity index (χ1) is 8.61. The molecule has 2 unspecified atom stereocenters. The summed E-state index contributed by atoms with van der Waals surface area (Å²) in [5, 5.41) is 0.768. The van der Waals surface area contributed by atoms with Gasteiger partial charge in [0.2, 0.25) is 0 Å². The third kappa shape index (κ3) is 2.55. The second kappa shape index (κ2) is 5.51. The molecule has 0 aliphatic rings. The van der Waals surface area contributed by atoms with Crippen LogP contribution in [0.2, 0.25) is 5.02 Å². The van der Waals surface area contributed by atoms with Crippen LogP contribution in [0.1, 0.15) is 35.6 Å². The monoisotopic (exact) mass is 260 g/mol. The number of pyridine rings is 1. The van der Waals surface area contributed by atoms with Gasteiger partial charge in [-0.1, -0.05) is 30.7 Å². The van der Waals surface area contributed by atoms with E-state index in [0.29, 0.717) is 0 Å². The number of halogens is 1. The van der Waals surface area contributed by atoms with E-state index in [-0.39, 0.29) is 12.0 Å². The zero-order valence-electron chi connectivity index (χ0n) is 10.6. The van der Waals surface area contributed by atoms with Gasteiger partial charge in [0.05, 0.1) is 0 Å². The van der Waals surface area contributed by atoms with Crippen LogP contribution in [0.25, 0.3) is 0 Å². The highest BCUT2D eigenvalue weighted by molar-refractivity contribution is 6.31. The van der Waals surface area contributed by atoms with Gasteiger partial charge in [0.15, 0.2) is 0 Å². The summed E-state index contributed by atoms with van der Waals surface area (Å²) in [6.07, 6.45) is 3.59. The summed E-state index contributed by atoms with van der Waals surface area (Å²) in [5.74, 6) is 0.227. The second-order valence-electron chi connectivity index (χ2n) is 4.55. The van der Waals surface area contributed by atoms with Crippen LogP contribution in [0, 0.1) is 6.92 Å². The molecule has 2 nitrogen and oxygen atoms in total. The van der Waals surface area contributed by atoms with Gasteiger partial charge in [-0.15, -0.1) is 0 Å². The van der Waals surface area contributed by atoms with E-state index in [9.17, 15) is 0 Å². The van der Waals surface area contributed by atoms with Crippen molar-refractivity contribution in [2.75, 3.05) is 0 Å². The number of nitrogens with zero attached hydrogens (tertiary/aromatic N) is 1. The predicted octanol–water partition coefficient (Wildman–Crippen LogP) is 3.85. The summed E-state index contributed by atoms with van der Waals surface area (Å²) >= 11 is 6.14. The summed E-state index contributed by atoms with van der Waals surface area (Å²) in [5.41, 5.74) is 9.72. The van der Waals surface area contributed by atoms with E-state index in [1.165, 1.54) is 5.56 Å². The maximum atomic E-state index is 6.36. The van der Waals surface area contributed by atoms with Gasteiger partial charge in [0.25, 0.3) is 0 Å². The Morgan fingerprint density at radius 2 is 1.83 bits per heavy atom. The van der Waals surface area contributed by atoms with E-state index in [1.807, 2.05) is 37.3 Å². The first kappa shape index (κ1) is 13.1. The Balaban J connectivity index is 2.31. The van der Waals surface area contributed by atoms with Crippen LogP contribution in [0.3, 0.4) is 0 Å². The Morgan fingerprint density at radius 1 is 1.17 bits per heavy atom. The van der Waals surface area contributed by atoms with Gasteiger partial charge in [0, 0.05) is 29.4 Å². The summed E-state index contributed by atoms with van der Waals surface area (Å²) in [7, 11) is 0. The van der Waals surface area contributed by atoms with E-state index in [4.69, 9.17) is 17.3 Å². The Kier molecular flexibility index (Phi) is 4.00. The van der Waals surface area contributed by atoms with E-state index in [1.54, 1.807) is 12.4 Å². The van der Waals surface area contributed by atoms with Gasteiger partial charge in [0.1, 0.15) is 0 Å². The molecule has 0 aliphatic carbocycles. The zero-order chi connectivity index (χ0) is 13.1. The van der Waals surface area contributed by atoms with Gasteiger partial charge in [-0.2, -0.15) is 0 Å². The molecular weight excluding hydrogens is 244 g/mol. The summed E-state index contributed by atoms with van der Waals surface area (Å²) in [6, 6.07) is 9.83. The number of aromatic nitrogens is 1. The normalized spacial score (nSPS) is 14.2. The lowest BCUT2D eigenvalue weighted by atomic mass is 9.88. The van der Waals surface area contributed by atoms with Crippen molar-refractivity contribution in [2.24, 2.45) is 5.73 Å². The summed E-state index contributed by atoms with van der Waals surface area (Å²) < 4.78 is 0. The van der Waals surface area contributed by atoms with Crippen molar-refractivity contribution < 1.29 is 0 Å². The fourth-order valence-corrected chi connectivity index (χ4v) is 2.31. The molecule has 2 aromatic rings. The second-order valence-corrected chi connectivity index (χ2v) is 4.96. The molecule has 94 valence electrons. The molecule has 2 rings (SSSR count).